The van der Waals surface area contributed by atoms with Crippen molar-refractivity contribution in [3.8, 4) is 0 Å². The van der Waals surface area contributed by atoms with Crippen molar-refractivity contribution in [3.63, 3.8) is 0 Å². The number of benzene rings is 1. The smallest absolute Gasteiger partial charge is 0.270 e. The summed E-state index contributed by atoms with van der Waals surface area (Å²) in [6.45, 7) is 1.99. The maximum absolute atomic E-state index is 13.3. The zero-order valence-corrected chi connectivity index (χ0v) is 13.7. The Balaban J connectivity index is 1.70. The lowest BCUT2D eigenvalue weighted by molar-refractivity contribution is 0.0738. The molecule has 1 aromatic carbocycles. The summed E-state index contributed by atoms with van der Waals surface area (Å²) in [6.07, 6.45) is 5.12. The lowest BCUT2D eigenvalue weighted by Gasteiger charge is -2.24. The molecule has 0 fully saturated rings. The molecule has 1 aliphatic carbocycles. The van der Waals surface area contributed by atoms with E-state index in [1.54, 1.807) is 11.0 Å². The number of carbonyl (C=O) groups is 1. The lowest BCUT2D eigenvalue weighted by Crippen LogP contribution is -2.36. The van der Waals surface area contributed by atoms with Gasteiger partial charge in [0.1, 0.15) is 11.5 Å². The molecule has 23 heavy (non-hydrogen) atoms. The van der Waals surface area contributed by atoms with Crippen molar-refractivity contribution >= 4 is 5.91 Å². The zero-order chi connectivity index (χ0) is 16.4. The summed E-state index contributed by atoms with van der Waals surface area (Å²) in [5.41, 5.74) is 4.07. The van der Waals surface area contributed by atoms with E-state index in [1.807, 2.05) is 26.1 Å². The molecule has 4 heteroatoms. The fraction of sp³-hybridized carbons (Fsp3) is 0.421. The van der Waals surface area contributed by atoms with Crippen molar-refractivity contribution in [1.29, 1.82) is 0 Å². The van der Waals surface area contributed by atoms with Crippen LogP contribution in [0.5, 0.6) is 0 Å². The molecule has 1 aliphatic rings. The topological polar surface area (TPSA) is 36.1 Å². The summed E-state index contributed by atoms with van der Waals surface area (Å²) in [4.78, 5) is 17.7. The average Bonchev–Trinajstić information content (AvgIpc) is 2.97. The van der Waals surface area contributed by atoms with Gasteiger partial charge in [-0.15, -0.1) is 0 Å². The molecular formula is C19H23FN2O. The maximum atomic E-state index is 13.3. The van der Waals surface area contributed by atoms with Crippen molar-refractivity contribution in [2.45, 2.75) is 45.1 Å². The highest BCUT2D eigenvalue weighted by Gasteiger charge is 2.22. The van der Waals surface area contributed by atoms with Crippen LogP contribution in [0.2, 0.25) is 0 Å². The number of hydrogen-bond donors (Lipinski definition) is 1. The zero-order valence-electron chi connectivity index (χ0n) is 13.7. The summed E-state index contributed by atoms with van der Waals surface area (Å²) in [5.74, 6) is -0.232. The Morgan fingerprint density at radius 1 is 1.30 bits per heavy atom. The molecule has 3 nitrogen and oxygen atoms in total. The van der Waals surface area contributed by atoms with Gasteiger partial charge in [0.25, 0.3) is 5.91 Å². The van der Waals surface area contributed by atoms with Gasteiger partial charge in [0.2, 0.25) is 0 Å². The number of fused-ring (bicyclic) bond motifs is 1. The van der Waals surface area contributed by atoms with Crippen LogP contribution in [0, 0.1) is 5.82 Å². The van der Waals surface area contributed by atoms with E-state index in [-0.39, 0.29) is 17.8 Å². The SMILES string of the molecule is CC(Cc1cccc(F)c1)N(C)C(=O)c1cc2c([nH]1)CCCC2. The van der Waals surface area contributed by atoms with Crippen molar-refractivity contribution < 1.29 is 9.18 Å². The number of halogens is 1. The standard InChI is InChI=1S/C19H23FN2O/c1-13(10-14-6-5-8-16(20)11-14)22(2)19(23)18-12-15-7-3-4-9-17(15)21-18/h5-6,8,11-13,21H,3-4,7,9-10H2,1-2H3. The number of aromatic nitrogens is 1. The van der Waals surface area contributed by atoms with Gasteiger partial charge < -0.3 is 9.88 Å². The number of nitrogens with zero attached hydrogens (tertiary/aromatic N) is 1. The van der Waals surface area contributed by atoms with Gasteiger partial charge >= 0.3 is 0 Å². The Morgan fingerprint density at radius 2 is 2.09 bits per heavy atom. The summed E-state index contributed by atoms with van der Waals surface area (Å²) < 4.78 is 13.3. The quantitative estimate of drug-likeness (QED) is 0.917. The first kappa shape index (κ1) is 15.8. The van der Waals surface area contributed by atoms with Crippen LogP contribution in [0.4, 0.5) is 4.39 Å². The Morgan fingerprint density at radius 3 is 2.83 bits per heavy atom. The van der Waals surface area contributed by atoms with Crippen LogP contribution < -0.4 is 0 Å². The van der Waals surface area contributed by atoms with E-state index in [9.17, 15) is 9.18 Å². The van der Waals surface area contributed by atoms with E-state index >= 15 is 0 Å². The number of hydrogen-bond acceptors (Lipinski definition) is 1. The fourth-order valence-electron chi connectivity index (χ4n) is 3.25. The highest BCUT2D eigenvalue weighted by atomic mass is 19.1. The fourth-order valence-corrected chi connectivity index (χ4v) is 3.25. The van der Waals surface area contributed by atoms with Crippen molar-refractivity contribution in [2.24, 2.45) is 0 Å². The van der Waals surface area contributed by atoms with Crippen LogP contribution in [-0.4, -0.2) is 28.9 Å². The van der Waals surface area contributed by atoms with Crippen LogP contribution >= 0.6 is 0 Å². The molecule has 0 saturated heterocycles. The number of carbonyl (C=O) groups excluding carboxylic acids is 1. The van der Waals surface area contributed by atoms with Crippen LogP contribution in [0.25, 0.3) is 0 Å². The molecule has 3 rings (SSSR count). The number of amides is 1. The van der Waals surface area contributed by atoms with Gasteiger partial charge in [-0.2, -0.15) is 0 Å². The van der Waals surface area contributed by atoms with Crippen LogP contribution in [0.1, 0.15) is 47.1 Å². The van der Waals surface area contributed by atoms with E-state index in [4.69, 9.17) is 0 Å². The molecule has 0 aliphatic heterocycles. The predicted octanol–water partition coefficient (Wildman–Crippen LogP) is 3.74. The van der Waals surface area contributed by atoms with Gasteiger partial charge in [-0.1, -0.05) is 12.1 Å². The summed E-state index contributed by atoms with van der Waals surface area (Å²) in [7, 11) is 1.81. The van der Waals surface area contributed by atoms with Gasteiger partial charge in [-0.25, -0.2) is 4.39 Å². The van der Waals surface area contributed by atoms with Gasteiger partial charge in [0.15, 0.2) is 0 Å². The summed E-state index contributed by atoms with van der Waals surface area (Å²) in [6, 6.07) is 8.57. The molecule has 1 aromatic heterocycles. The second kappa shape index (κ2) is 6.57. The number of aryl methyl sites for hydroxylation is 2. The van der Waals surface area contributed by atoms with Gasteiger partial charge in [-0.05, 0) is 68.4 Å². The molecule has 1 heterocycles. The Labute approximate surface area is 136 Å². The number of rotatable bonds is 4. The Hall–Kier alpha value is -2.10. The molecule has 2 aromatic rings. The highest BCUT2D eigenvalue weighted by Crippen LogP contribution is 2.22. The highest BCUT2D eigenvalue weighted by molar-refractivity contribution is 5.93. The van der Waals surface area contributed by atoms with Crippen LogP contribution in [-0.2, 0) is 19.3 Å². The van der Waals surface area contributed by atoms with Gasteiger partial charge in [0.05, 0.1) is 0 Å². The van der Waals surface area contributed by atoms with E-state index in [0.717, 1.165) is 18.4 Å². The monoisotopic (exact) mass is 314 g/mol. The van der Waals surface area contributed by atoms with Gasteiger partial charge in [-0.3, -0.25) is 4.79 Å². The van der Waals surface area contributed by atoms with E-state index in [2.05, 4.69) is 4.98 Å². The third kappa shape index (κ3) is 3.46. The minimum Gasteiger partial charge on any atom is -0.354 e. The molecule has 0 radical (unpaired) electrons. The second-order valence-corrected chi connectivity index (χ2v) is 6.49. The first-order chi connectivity index (χ1) is 11.0. The molecule has 0 spiro atoms. The molecule has 1 N–H and O–H groups in total. The number of likely N-dealkylation sites (N-methyl/N-ethyl adjacent to an activating group) is 1. The van der Waals surface area contributed by atoms with Crippen molar-refractivity contribution in [2.75, 3.05) is 7.05 Å². The normalized spacial score (nSPS) is 15.1. The molecule has 1 amide bonds. The summed E-state index contributed by atoms with van der Waals surface area (Å²) >= 11 is 0. The van der Waals surface area contributed by atoms with E-state index in [0.29, 0.717) is 12.1 Å². The predicted molar refractivity (Wildman–Crippen MR) is 89.1 cm³/mol. The first-order valence-electron chi connectivity index (χ1n) is 8.27. The van der Waals surface area contributed by atoms with Crippen molar-refractivity contribution in [3.05, 3.63) is 58.7 Å². The second-order valence-electron chi connectivity index (χ2n) is 6.49. The minimum atomic E-state index is -0.235. The molecule has 122 valence electrons. The third-order valence-corrected chi connectivity index (χ3v) is 4.75. The first-order valence-corrected chi connectivity index (χ1v) is 8.27. The van der Waals surface area contributed by atoms with Crippen LogP contribution in [0.15, 0.2) is 30.3 Å². The number of H-pyrrole nitrogens is 1. The molecule has 1 unspecified atom stereocenters. The molecule has 1 atom stereocenters. The molecule has 0 saturated carbocycles. The van der Waals surface area contributed by atoms with Crippen molar-refractivity contribution in [1.82, 2.24) is 9.88 Å². The molecular weight excluding hydrogens is 291 g/mol. The summed E-state index contributed by atoms with van der Waals surface area (Å²) in [5, 5.41) is 0. The third-order valence-electron chi connectivity index (χ3n) is 4.75. The molecule has 0 bridgehead atoms. The number of aromatic amines is 1. The number of nitrogens with one attached hydrogen (secondary N) is 1. The Bertz CT molecular complexity index is 684. The average molecular weight is 314 g/mol. The minimum absolute atomic E-state index is 0.00306. The van der Waals surface area contributed by atoms with E-state index in [1.165, 1.54) is 36.2 Å². The maximum Gasteiger partial charge on any atom is 0.270 e. The lowest BCUT2D eigenvalue weighted by atomic mass is 9.98. The van der Waals surface area contributed by atoms with Crippen LogP contribution in [0.3, 0.4) is 0 Å². The largest absolute Gasteiger partial charge is 0.354 e. The Kier molecular flexibility index (Phi) is 4.51. The van der Waals surface area contributed by atoms with Gasteiger partial charge in [0, 0.05) is 18.8 Å². The van der Waals surface area contributed by atoms with E-state index < -0.39 is 0 Å².